The minimum absolute atomic E-state index is 0.839. The van der Waals surface area contributed by atoms with Crippen molar-refractivity contribution in [2.75, 3.05) is 0 Å². The molecule has 3 rings (SSSR count). The van der Waals surface area contributed by atoms with Crippen LogP contribution in [-0.2, 0) is 0 Å². The van der Waals surface area contributed by atoms with Crippen molar-refractivity contribution in [1.82, 2.24) is 0 Å². The second-order valence-electron chi connectivity index (χ2n) is 7.58. The number of hydrogen-bond acceptors (Lipinski definition) is 0. The molecule has 2 aliphatic carbocycles. The van der Waals surface area contributed by atoms with Crippen LogP contribution in [0, 0.1) is 11.8 Å². The molecule has 0 saturated heterocycles. The molecule has 2 aliphatic rings. The van der Waals surface area contributed by atoms with Crippen molar-refractivity contribution in [3.05, 3.63) is 35.4 Å². The fourth-order valence-corrected chi connectivity index (χ4v) is 4.23. The quantitative estimate of drug-likeness (QED) is 0.593. The minimum atomic E-state index is 0.839. The van der Waals surface area contributed by atoms with Crippen LogP contribution in [0.2, 0.25) is 0 Å². The Morgan fingerprint density at radius 2 is 0.850 bits per heavy atom. The summed E-state index contributed by atoms with van der Waals surface area (Å²) < 4.78 is 0. The third-order valence-corrected chi connectivity index (χ3v) is 5.91. The lowest BCUT2D eigenvalue weighted by atomic mass is 9.77. The Morgan fingerprint density at radius 1 is 0.550 bits per heavy atom. The predicted octanol–water partition coefficient (Wildman–Crippen LogP) is 6.27. The summed E-state index contributed by atoms with van der Waals surface area (Å²) in [6, 6.07) is 9.75. The van der Waals surface area contributed by atoms with E-state index in [1.807, 2.05) is 0 Å². The third-order valence-electron chi connectivity index (χ3n) is 5.91. The smallest absolute Gasteiger partial charge is 0.0162 e. The van der Waals surface area contributed by atoms with Gasteiger partial charge in [0, 0.05) is 0 Å². The highest BCUT2D eigenvalue weighted by molar-refractivity contribution is 5.28. The van der Waals surface area contributed by atoms with Gasteiger partial charge >= 0.3 is 0 Å². The SMILES string of the molecule is C[C@H]1CC[C@H](c2ccc([C@H]3CC[C@H](C)CC3)cc2)CC1. The van der Waals surface area contributed by atoms with Crippen molar-refractivity contribution in [1.29, 1.82) is 0 Å². The third kappa shape index (κ3) is 3.27. The molecular formula is C20H30. The summed E-state index contributed by atoms with van der Waals surface area (Å²) in [6.07, 6.45) is 11.3. The van der Waals surface area contributed by atoms with Crippen LogP contribution < -0.4 is 0 Å². The van der Waals surface area contributed by atoms with Crippen molar-refractivity contribution < 1.29 is 0 Å². The first-order valence-corrected chi connectivity index (χ1v) is 8.82. The van der Waals surface area contributed by atoms with Gasteiger partial charge in [-0.15, -0.1) is 0 Å². The van der Waals surface area contributed by atoms with Crippen LogP contribution in [0.3, 0.4) is 0 Å². The number of benzene rings is 1. The molecule has 0 heteroatoms. The van der Waals surface area contributed by atoms with Crippen molar-refractivity contribution in [3.8, 4) is 0 Å². The molecule has 20 heavy (non-hydrogen) atoms. The highest BCUT2D eigenvalue weighted by atomic mass is 14.3. The molecule has 0 radical (unpaired) electrons. The molecule has 0 bridgehead atoms. The molecule has 0 unspecified atom stereocenters. The van der Waals surface area contributed by atoms with Gasteiger partial charge in [0.15, 0.2) is 0 Å². The summed E-state index contributed by atoms with van der Waals surface area (Å²) in [4.78, 5) is 0. The van der Waals surface area contributed by atoms with Crippen molar-refractivity contribution in [3.63, 3.8) is 0 Å². The van der Waals surface area contributed by atoms with E-state index in [1.54, 1.807) is 11.1 Å². The van der Waals surface area contributed by atoms with E-state index in [0.717, 1.165) is 23.7 Å². The maximum Gasteiger partial charge on any atom is -0.0162 e. The Bertz CT molecular complexity index is 359. The topological polar surface area (TPSA) is 0 Å². The molecule has 1 aromatic rings. The molecule has 110 valence electrons. The molecule has 0 N–H and O–H groups in total. The Balaban J connectivity index is 1.62. The maximum absolute atomic E-state index is 2.44. The summed E-state index contributed by atoms with van der Waals surface area (Å²) in [6.45, 7) is 4.81. The lowest BCUT2D eigenvalue weighted by Gasteiger charge is -2.28. The molecule has 0 aromatic heterocycles. The van der Waals surface area contributed by atoms with Crippen molar-refractivity contribution in [2.45, 2.75) is 77.0 Å². The van der Waals surface area contributed by atoms with E-state index in [0.29, 0.717) is 0 Å². The van der Waals surface area contributed by atoms with Gasteiger partial charge in [0.05, 0.1) is 0 Å². The van der Waals surface area contributed by atoms with E-state index in [9.17, 15) is 0 Å². The van der Waals surface area contributed by atoms with Crippen molar-refractivity contribution in [2.24, 2.45) is 11.8 Å². The molecule has 0 atom stereocenters. The van der Waals surface area contributed by atoms with Gasteiger partial charge in [-0.3, -0.25) is 0 Å². The standard InChI is InChI=1S/C20H30/c1-15-3-7-17(8-4-15)19-11-13-20(14-12-19)18-9-5-16(2)6-10-18/h11-18H,3-10H2,1-2H3/t15-,16-,17-,18-. The van der Waals surface area contributed by atoms with Gasteiger partial charge in [0.2, 0.25) is 0 Å². The summed E-state index contributed by atoms with van der Waals surface area (Å²) in [5.41, 5.74) is 3.20. The Kier molecular flexibility index (Phi) is 4.48. The fraction of sp³-hybridized carbons (Fsp3) is 0.700. The van der Waals surface area contributed by atoms with Crippen LogP contribution >= 0.6 is 0 Å². The van der Waals surface area contributed by atoms with Crippen LogP contribution in [0.5, 0.6) is 0 Å². The van der Waals surface area contributed by atoms with Crippen LogP contribution in [0.15, 0.2) is 24.3 Å². The summed E-state index contributed by atoms with van der Waals surface area (Å²) in [7, 11) is 0. The lowest BCUT2D eigenvalue weighted by molar-refractivity contribution is 0.345. The number of hydrogen-bond donors (Lipinski definition) is 0. The molecule has 1 aromatic carbocycles. The summed E-state index contributed by atoms with van der Waals surface area (Å²) in [5, 5.41) is 0. The molecule has 0 amide bonds. The van der Waals surface area contributed by atoms with Crippen LogP contribution in [0.1, 0.15) is 88.2 Å². The van der Waals surface area contributed by atoms with E-state index < -0.39 is 0 Å². The van der Waals surface area contributed by atoms with Crippen LogP contribution in [0.25, 0.3) is 0 Å². The molecule has 0 aliphatic heterocycles. The lowest BCUT2D eigenvalue weighted by Crippen LogP contribution is -2.12. The van der Waals surface area contributed by atoms with E-state index in [2.05, 4.69) is 38.1 Å². The maximum atomic E-state index is 2.44. The number of rotatable bonds is 2. The highest BCUT2D eigenvalue weighted by Crippen LogP contribution is 2.38. The first-order valence-electron chi connectivity index (χ1n) is 8.82. The predicted molar refractivity (Wildman–Crippen MR) is 87.2 cm³/mol. The fourth-order valence-electron chi connectivity index (χ4n) is 4.23. The highest BCUT2D eigenvalue weighted by Gasteiger charge is 2.22. The van der Waals surface area contributed by atoms with E-state index in [4.69, 9.17) is 0 Å². The van der Waals surface area contributed by atoms with Gasteiger partial charge in [-0.25, -0.2) is 0 Å². The average molecular weight is 270 g/mol. The normalized spacial score (nSPS) is 34.9. The first-order chi connectivity index (χ1) is 9.72. The van der Waals surface area contributed by atoms with Gasteiger partial charge in [-0.2, -0.15) is 0 Å². The van der Waals surface area contributed by atoms with E-state index >= 15 is 0 Å². The minimum Gasteiger partial charge on any atom is -0.0625 e. The molecule has 0 spiro atoms. The van der Waals surface area contributed by atoms with E-state index in [-0.39, 0.29) is 0 Å². The monoisotopic (exact) mass is 270 g/mol. The van der Waals surface area contributed by atoms with E-state index in [1.165, 1.54) is 51.4 Å². The molecular weight excluding hydrogens is 240 g/mol. The molecule has 0 nitrogen and oxygen atoms in total. The summed E-state index contributed by atoms with van der Waals surface area (Å²) in [5.74, 6) is 3.59. The zero-order chi connectivity index (χ0) is 13.9. The molecule has 2 saturated carbocycles. The summed E-state index contributed by atoms with van der Waals surface area (Å²) >= 11 is 0. The van der Waals surface area contributed by atoms with Crippen LogP contribution in [0.4, 0.5) is 0 Å². The zero-order valence-electron chi connectivity index (χ0n) is 13.3. The largest absolute Gasteiger partial charge is 0.0625 e. The first kappa shape index (κ1) is 14.2. The van der Waals surface area contributed by atoms with Crippen molar-refractivity contribution >= 4 is 0 Å². The van der Waals surface area contributed by atoms with Gasteiger partial charge in [-0.1, -0.05) is 63.8 Å². The van der Waals surface area contributed by atoms with Gasteiger partial charge in [-0.05, 0) is 60.5 Å². The Hall–Kier alpha value is -0.780. The van der Waals surface area contributed by atoms with Gasteiger partial charge < -0.3 is 0 Å². The second-order valence-corrected chi connectivity index (χ2v) is 7.58. The second kappa shape index (κ2) is 6.33. The Labute approximate surface area is 125 Å². The Morgan fingerprint density at radius 3 is 1.15 bits per heavy atom. The zero-order valence-corrected chi connectivity index (χ0v) is 13.3. The van der Waals surface area contributed by atoms with Crippen LogP contribution in [-0.4, -0.2) is 0 Å². The van der Waals surface area contributed by atoms with Gasteiger partial charge in [0.1, 0.15) is 0 Å². The molecule has 0 heterocycles. The average Bonchev–Trinajstić information content (AvgIpc) is 2.49. The molecule has 2 fully saturated rings. The van der Waals surface area contributed by atoms with Gasteiger partial charge in [0.25, 0.3) is 0 Å².